The van der Waals surface area contributed by atoms with Crippen molar-refractivity contribution in [3.8, 4) is 0 Å². The number of hydrogen-bond donors (Lipinski definition) is 1. The molecule has 1 saturated carbocycles. The first-order valence-corrected chi connectivity index (χ1v) is 7.53. The highest BCUT2D eigenvalue weighted by atomic mass is 14.6. The van der Waals surface area contributed by atoms with E-state index in [1.54, 1.807) is 0 Å². The standard InChI is InChI=1S/C15H31N/c1-3-5-11-14(4-2)15(16)12-13-9-7-6-8-10-13/h13-15H,3-12,16H2,1-2H3. The van der Waals surface area contributed by atoms with Crippen molar-refractivity contribution in [1.82, 2.24) is 0 Å². The Morgan fingerprint density at radius 2 is 1.81 bits per heavy atom. The van der Waals surface area contributed by atoms with E-state index in [1.165, 1.54) is 64.2 Å². The fraction of sp³-hybridized carbons (Fsp3) is 1.00. The van der Waals surface area contributed by atoms with Gasteiger partial charge in [0, 0.05) is 6.04 Å². The lowest BCUT2D eigenvalue weighted by molar-refractivity contribution is 0.266. The topological polar surface area (TPSA) is 26.0 Å². The van der Waals surface area contributed by atoms with Crippen LogP contribution >= 0.6 is 0 Å². The molecule has 0 radical (unpaired) electrons. The van der Waals surface area contributed by atoms with E-state index in [1.807, 2.05) is 0 Å². The number of rotatable bonds is 7. The normalized spacial score (nSPS) is 21.9. The van der Waals surface area contributed by atoms with Crippen LogP contribution < -0.4 is 5.73 Å². The minimum Gasteiger partial charge on any atom is -0.327 e. The van der Waals surface area contributed by atoms with Gasteiger partial charge in [0.05, 0.1) is 0 Å². The molecule has 96 valence electrons. The number of nitrogens with two attached hydrogens (primary N) is 1. The molecule has 0 saturated heterocycles. The van der Waals surface area contributed by atoms with Crippen LogP contribution in [0.15, 0.2) is 0 Å². The third-order valence-corrected chi connectivity index (χ3v) is 4.39. The lowest BCUT2D eigenvalue weighted by Crippen LogP contribution is -2.32. The lowest BCUT2D eigenvalue weighted by Gasteiger charge is -2.29. The van der Waals surface area contributed by atoms with Crippen LogP contribution in [0, 0.1) is 11.8 Å². The second-order valence-electron chi connectivity index (χ2n) is 5.71. The van der Waals surface area contributed by atoms with Crippen LogP contribution in [0.2, 0.25) is 0 Å². The molecular formula is C15H31N. The van der Waals surface area contributed by atoms with Gasteiger partial charge in [0.2, 0.25) is 0 Å². The van der Waals surface area contributed by atoms with Crippen LogP contribution in [-0.4, -0.2) is 6.04 Å². The monoisotopic (exact) mass is 225 g/mol. The van der Waals surface area contributed by atoms with Gasteiger partial charge in [-0.05, 0) is 24.7 Å². The van der Waals surface area contributed by atoms with Crippen molar-refractivity contribution in [2.45, 2.75) is 84.1 Å². The average molecular weight is 225 g/mol. The van der Waals surface area contributed by atoms with E-state index >= 15 is 0 Å². The van der Waals surface area contributed by atoms with Crippen molar-refractivity contribution < 1.29 is 0 Å². The molecule has 0 aromatic rings. The van der Waals surface area contributed by atoms with Gasteiger partial charge in [-0.1, -0.05) is 65.2 Å². The molecule has 0 heterocycles. The quantitative estimate of drug-likeness (QED) is 0.678. The highest BCUT2D eigenvalue weighted by Gasteiger charge is 2.21. The largest absolute Gasteiger partial charge is 0.327 e. The van der Waals surface area contributed by atoms with Crippen LogP contribution in [0.5, 0.6) is 0 Å². The van der Waals surface area contributed by atoms with Crippen molar-refractivity contribution in [2.24, 2.45) is 17.6 Å². The Morgan fingerprint density at radius 1 is 1.12 bits per heavy atom. The van der Waals surface area contributed by atoms with Crippen molar-refractivity contribution in [3.63, 3.8) is 0 Å². The van der Waals surface area contributed by atoms with E-state index in [9.17, 15) is 0 Å². The molecule has 0 bridgehead atoms. The van der Waals surface area contributed by atoms with Gasteiger partial charge in [-0.25, -0.2) is 0 Å². The zero-order valence-electron chi connectivity index (χ0n) is 11.4. The maximum absolute atomic E-state index is 6.40. The molecule has 0 spiro atoms. The molecular weight excluding hydrogens is 194 g/mol. The Hall–Kier alpha value is -0.0400. The van der Waals surface area contributed by atoms with Gasteiger partial charge in [-0.15, -0.1) is 0 Å². The second kappa shape index (κ2) is 8.11. The Balaban J connectivity index is 2.26. The molecule has 0 amide bonds. The van der Waals surface area contributed by atoms with Gasteiger partial charge in [-0.2, -0.15) is 0 Å². The smallest absolute Gasteiger partial charge is 0.00696 e. The Morgan fingerprint density at radius 3 is 2.38 bits per heavy atom. The summed E-state index contributed by atoms with van der Waals surface area (Å²) in [5.41, 5.74) is 6.40. The van der Waals surface area contributed by atoms with Crippen LogP contribution in [0.25, 0.3) is 0 Å². The van der Waals surface area contributed by atoms with Crippen LogP contribution in [0.1, 0.15) is 78.1 Å². The first kappa shape index (κ1) is 14.0. The molecule has 16 heavy (non-hydrogen) atoms. The van der Waals surface area contributed by atoms with Crippen molar-refractivity contribution in [3.05, 3.63) is 0 Å². The van der Waals surface area contributed by atoms with E-state index < -0.39 is 0 Å². The predicted molar refractivity (Wildman–Crippen MR) is 72.5 cm³/mol. The van der Waals surface area contributed by atoms with E-state index in [4.69, 9.17) is 5.73 Å². The van der Waals surface area contributed by atoms with E-state index in [2.05, 4.69) is 13.8 Å². The van der Waals surface area contributed by atoms with Crippen molar-refractivity contribution in [2.75, 3.05) is 0 Å². The molecule has 1 heteroatoms. The minimum atomic E-state index is 0.472. The van der Waals surface area contributed by atoms with Crippen molar-refractivity contribution in [1.29, 1.82) is 0 Å². The fourth-order valence-corrected chi connectivity index (χ4v) is 3.19. The second-order valence-corrected chi connectivity index (χ2v) is 5.71. The summed E-state index contributed by atoms with van der Waals surface area (Å²) >= 11 is 0. The fourth-order valence-electron chi connectivity index (χ4n) is 3.19. The summed E-state index contributed by atoms with van der Waals surface area (Å²) in [5.74, 6) is 1.72. The number of hydrogen-bond acceptors (Lipinski definition) is 1. The SMILES string of the molecule is CCCCC(CC)C(N)CC1CCCCC1. The first-order chi connectivity index (χ1) is 7.77. The van der Waals surface area contributed by atoms with Crippen LogP contribution in [-0.2, 0) is 0 Å². The molecule has 0 aliphatic heterocycles. The molecule has 2 unspecified atom stereocenters. The Labute approximate surface area is 102 Å². The minimum absolute atomic E-state index is 0.472. The zero-order valence-corrected chi connectivity index (χ0v) is 11.4. The Bertz CT molecular complexity index is 161. The summed E-state index contributed by atoms with van der Waals surface area (Å²) in [5, 5.41) is 0. The third-order valence-electron chi connectivity index (χ3n) is 4.39. The molecule has 1 nitrogen and oxygen atoms in total. The predicted octanol–water partition coefficient (Wildman–Crippen LogP) is 4.50. The maximum Gasteiger partial charge on any atom is 0.00696 e. The van der Waals surface area contributed by atoms with Crippen molar-refractivity contribution >= 4 is 0 Å². The molecule has 1 rings (SSSR count). The van der Waals surface area contributed by atoms with Gasteiger partial charge >= 0.3 is 0 Å². The van der Waals surface area contributed by atoms with Crippen LogP contribution in [0.4, 0.5) is 0 Å². The molecule has 0 aromatic heterocycles. The lowest BCUT2D eigenvalue weighted by atomic mass is 9.80. The summed E-state index contributed by atoms with van der Waals surface area (Å²) in [6.07, 6.45) is 13.8. The summed E-state index contributed by atoms with van der Waals surface area (Å²) < 4.78 is 0. The highest BCUT2D eigenvalue weighted by molar-refractivity contribution is 4.77. The summed E-state index contributed by atoms with van der Waals surface area (Å²) in [6.45, 7) is 4.58. The molecule has 1 fully saturated rings. The maximum atomic E-state index is 6.40. The summed E-state index contributed by atoms with van der Waals surface area (Å²) in [7, 11) is 0. The van der Waals surface area contributed by atoms with Gasteiger partial charge in [-0.3, -0.25) is 0 Å². The molecule has 1 aliphatic carbocycles. The Kier molecular flexibility index (Phi) is 7.11. The molecule has 1 aliphatic rings. The van der Waals surface area contributed by atoms with Crippen LogP contribution in [0.3, 0.4) is 0 Å². The zero-order chi connectivity index (χ0) is 11.8. The number of unbranched alkanes of at least 4 members (excludes halogenated alkanes) is 1. The van der Waals surface area contributed by atoms with E-state index in [0.29, 0.717) is 6.04 Å². The van der Waals surface area contributed by atoms with Gasteiger partial charge in [0.1, 0.15) is 0 Å². The molecule has 2 N–H and O–H groups in total. The van der Waals surface area contributed by atoms with E-state index in [0.717, 1.165) is 11.8 Å². The summed E-state index contributed by atoms with van der Waals surface area (Å²) in [6, 6.07) is 0.472. The first-order valence-electron chi connectivity index (χ1n) is 7.53. The van der Waals surface area contributed by atoms with E-state index in [-0.39, 0.29) is 0 Å². The molecule has 0 aromatic carbocycles. The highest BCUT2D eigenvalue weighted by Crippen LogP contribution is 2.29. The average Bonchev–Trinajstić information content (AvgIpc) is 2.31. The third kappa shape index (κ3) is 4.86. The van der Waals surface area contributed by atoms with Gasteiger partial charge in [0.15, 0.2) is 0 Å². The van der Waals surface area contributed by atoms with Gasteiger partial charge in [0.25, 0.3) is 0 Å². The van der Waals surface area contributed by atoms with Gasteiger partial charge < -0.3 is 5.73 Å². The molecule has 2 atom stereocenters. The summed E-state index contributed by atoms with van der Waals surface area (Å²) in [4.78, 5) is 0.